The summed E-state index contributed by atoms with van der Waals surface area (Å²) in [5.74, 6) is 0.166. The van der Waals surface area contributed by atoms with E-state index in [0.29, 0.717) is 39.1 Å². The SMILES string of the molecule is CN(C)C(=O)CSc1nc2ccccc2c(=O)n1CCc1ccc(Cl)cc1Cl. The minimum absolute atomic E-state index is 0.0419. The molecular formula is C20H19Cl2N3O2S. The quantitative estimate of drug-likeness (QED) is 0.431. The number of amides is 1. The maximum absolute atomic E-state index is 13.0. The molecule has 0 fully saturated rings. The monoisotopic (exact) mass is 435 g/mol. The Morgan fingerprint density at radius 3 is 2.64 bits per heavy atom. The Hall–Kier alpha value is -2.02. The Kier molecular flexibility index (Phi) is 6.65. The van der Waals surface area contributed by atoms with Crippen molar-refractivity contribution in [2.45, 2.75) is 18.1 Å². The number of nitrogens with zero attached hydrogens (tertiary/aromatic N) is 3. The maximum atomic E-state index is 13.0. The molecule has 0 radical (unpaired) electrons. The van der Waals surface area contributed by atoms with Gasteiger partial charge in [0.1, 0.15) is 0 Å². The molecule has 1 amide bonds. The Balaban J connectivity index is 1.95. The summed E-state index contributed by atoms with van der Waals surface area (Å²) in [7, 11) is 3.40. The summed E-state index contributed by atoms with van der Waals surface area (Å²) in [6, 6.07) is 12.5. The highest BCUT2D eigenvalue weighted by Gasteiger charge is 2.14. The van der Waals surface area contributed by atoms with E-state index in [1.165, 1.54) is 16.7 Å². The van der Waals surface area contributed by atoms with Crippen LogP contribution in [0.5, 0.6) is 0 Å². The number of aryl methyl sites for hydroxylation is 1. The number of rotatable bonds is 6. The van der Waals surface area contributed by atoms with Gasteiger partial charge in [0, 0.05) is 30.7 Å². The first-order valence-corrected chi connectivity index (χ1v) is 10.4. The molecule has 3 aromatic rings. The van der Waals surface area contributed by atoms with Crippen LogP contribution in [-0.4, -0.2) is 40.2 Å². The van der Waals surface area contributed by atoms with Crippen molar-refractivity contribution in [2.75, 3.05) is 19.8 Å². The Morgan fingerprint density at radius 1 is 1.18 bits per heavy atom. The van der Waals surface area contributed by atoms with E-state index in [1.54, 1.807) is 42.9 Å². The third-order valence-corrected chi connectivity index (χ3v) is 5.82. The molecule has 1 aromatic heterocycles. The van der Waals surface area contributed by atoms with Gasteiger partial charge in [-0.1, -0.05) is 53.2 Å². The van der Waals surface area contributed by atoms with Gasteiger partial charge in [-0.2, -0.15) is 0 Å². The molecule has 0 bridgehead atoms. The second kappa shape index (κ2) is 8.99. The van der Waals surface area contributed by atoms with Gasteiger partial charge in [0.15, 0.2) is 5.16 Å². The van der Waals surface area contributed by atoms with Crippen molar-refractivity contribution < 1.29 is 4.79 Å². The fraction of sp³-hybridized carbons (Fsp3) is 0.250. The highest BCUT2D eigenvalue weighted by atomic mass is 35.5. The van der Waals surface area contributed by atoms with Crippen molar-refractivity contribution in [1.29, 1.82) is 0 Å². The van der Waals surface area contributed by atoms with Crippen LogP contribution in [0.15, 0.2) is 52.4 Å². The van der Waals surface area contributed by atoms with Crippen molar-refractivity contribution in [3.63, 3.8) is 0 Å². The van der Waals surface area contributed by atoms with Crippen LogP contribution in [0.1, 0.15) is 5.56 Å². The Labute approximate surface area is 177 Å². The molecule has 0 saturated carbocycles. The lowest BCUT2D eigenvalue weighted by atomic mass is 10.1. The zero-order chi connectivity index (χ0) is 20.3. The number of halogens is 2. The molecule has 0 N–H and O–H groups in total. The van der Waals surface area contributed by atoms with Crippen LogP contribution in [0.2, 0.25) is 10.0 Å². The fourth-order valence-electron chi connectivity index (χ4n) is 2.67. The van der Waals surface area contributed by atoms with Gasteiger partial charge in [-0.05, 0) is 36.2 Å². The second-order valence-electron chi connectivity index (χ2n) is 6.43. The van der Waals surface area contributed by atoms with Gasteiger partial charge >= 0.3 is 0 Å². The van der Waals surface area contributed by atoms with E-state index >= 15 is 0 Å². The third-order valence-electron chi connectivity index (χ3n) is 4.27. The first-order chi connectivity index (χ1) is 13.4. The lowest BCUT2D eigenvalue weighted by Gasteiger charge is -2.15. The zero-order valence-electron chi connectivity index (χ0n) is 15.5. The molecule has 1 heterocycles. The predicted molar refractivity (Wildman–Crippen MR) is 116 cm³/mol. The highest BCUT2D eigenvalue weighted by molar-refractivity contribution is 7.99. The van der Waals surface area contributed by atoms with E-state index in [4.69, 9.17) is 23.2 Å². The molecule has 2 aromatic carbocycles. The van der Waals surface area contributed by atoms with Crippen LogP contribution < -0.4 is 5.56 Å². The maximum Gasteiger partial charge on any atom is 0.262 e. The number of hydrogen-bond acceptors (Lipinski definition) is 4. The van der Waals surface area contributed by atoms with Crippen molar-refractivity contribution >= 4 is 51.8 Å². The first-order valence-electron chi connectivity index (χ1n) is 8.63. The molecule has 0 aliphatic carbocycles. The van der Waals surface area contributed by atoms with Gasteiger partial charge in [0.05, 0.1) is 16.7 Å². The van der Waals surface area contributed by atoms with Crippen LogP contribution in [0.3, 0.4) is 0 Å². The summed E-state index contributed by atoms with van der Waals surface area (Å²) < 4.78 is 1.61. The molecule has 146 valence electrons. The summed E-state index contributed by atoms with van der Waals surface area (Å²) >= 11 is 13.5. The smallest absolute Gasteiger partial charge is 0.262 e. The van der Waals surface area contributed by atoms with Crippen molar-refractivity contribution in [2.24, 2.45) is 0 Å². The fourth-order valence-corrected chi connectivity index (χ4v) is 4.17. The molecule has 5 nitrogen and oxygen atoms in total. The van der Waals surface area contributed by atoms with E-state index in [-0.39, 0.29) is 17.2 Å². The van der Waals surface area contributed by atoms with E-state index < -0.39 is 0 Å². The van der Waals surface area contributed by atoms with Crippen LogP contribution in [0.4, 0.5) is 0 Å². The lowest BCUT2D eigenvalue weighted by Crippen LogP contribution is -2.27. The van der Waals surface area contributed by atoms with Crippen molar-refractivity contribution in [3.8, 4) is 0 Å². The number of carbonyl (C=O) groups is 1. The second-order valence-corrected chi connectivity index (χ2v) is 8.22. The molecule has 8 heteroatoms. The summed E-state index contributed by atoms with van der Waals surface area (Å²) in [6.07, 6.45) is 0.547. The van der Waals surface area contributed by atoms with Gasteiger partial charge < -0.3 is 4.90 Å². The van der Waals surface area contributed by atoms with E-state index in [1.807, 2.05) is 18.2 Å². The predicted octanol–water partition coefficient (Wildman–Crippen LogP) is 4.13. The number of para-hydroxylation sites is 1. The zero-order valence-corrected chi connectivity index (χ0v) is 17.8. The lowest BCUT2D eigenvalue weighted by molar-refractivity contribution is -0.125. The molecular weight excluding hydrogens is 417 g/mol. The first kappa shape index (κ1) is 20.7. The molecule has 0 aliphatic heterocycles. The average Bonchev–Trinajstić information content (AvgIpc) is 2.66. The van der Waals surface area contributed by atoms with Gasteiger partial charge in [-0.3, -0.25) is 14.2 Å². The van der Waals surface area contributed by atoms with Gasteiger partial charge in [-0.15, -0.1) is 0 Å². The molecule has 0 saturated heterocycles. The number of benzene rings is 2. The van der Waals surface area contributed by atoms with Gasteiger partial charge in [0.25, 0.3) is 5.56 Å². The number of hydrogen-bond donors (Lipinski definition) is 0. The number of aromatic nitrogens is 2. The van der Waals surface area contributed by atoms with Crippen molar-refractivity contribution in [1.82, 2.24) is 14.5 Å². The number of carbonyl (C=O) groups excluding carboxylic acids is 1. The van der Waals surface area contributed by atoms with Gasteiger partial charge in [0.2, 0.25) is 5.91 Å². The number of thioether (sulfide) groups is 1. The van der Waals surface area contributed by atoms with Crippen molar-refractivity contribution in [3.05, 3.63) is 68.4 Å². The molecule has 3 rings (SSSR count). The molecule has 0 spiro atoms. The van der Waals surface area contributed by atoms with Crippen LogP contribution in [-0.2, 0) is 17.8 Å². The Morgan fingerprint density at radius 2 is 1.93 bits per heavy atom. The third kappa shape index (κ3) is 4.69. The summed E-state index contributed by atoms with van der Waals surface area (Å²) in [4.78, 5) is 31.2. The summed E-state index contributed by atoms with van der Waals surface area (Å²) in [6.45, 7) is 0.399. The topological polar surface area (TPSA) is 55.2 Å². The van der Waals surface area contributed by atoms with Crippen LogP contribution >= 0.6 is 35.0 Å². The van der Waals surface area contributed by atoms with Crippen LogP contribution in [0, 0.1) is 0 Å². The normalized spacial score (nSPS) is 11.0. The Bertz CT molecular complexity index is 1080. The molecule has 0 unspecified atom stereocenters. The molecule has 28 heavy (non-hydrogen) atoms. The largest absolute Gasteiger partial charge is 0.348 e. The average molecular weight is 436 g/mol. The highest BCUT2D eigenvalue weighted by Crippen LogP contribution is 2.23. The molecule has 0 aliphatic rings. The van der Waals surface area contributed by atoms with Crippen LogP contribution in [0.25, 0.3) is 10.9 Å². The minimum atomic E-state index is -0.129. The minimum Gasteiger partial charge on any atom is -0.348 e. The van der Waals surface area contributed by atoms with Gasteiger partial charge in [-0.25, -0.2) is 4.98 Å². The molecule has 0 atom stereocenters. The standard InChI is InChI=1S/C20H19Cl2N3O2S/c1-24(2)18(26)12-28-20-23-17-6-4-3-5-15(17)19(27)25(20)10-9-13-7-8-14(21)11-16(13)22/h3-8,11H,9-10,12H2,1-2H3. The van der Waals surface area contributed by atoms with E-state index in [9.17, 15) is 9.59 Å². The van der Waals surface area contributed by atoms with E-state index in [0.717, 1.165) is 5.56 Å². The number of fused-ring (bicyclic) bond motifs is 1. The van der Waals surface area contributed by atoms with E-state index in [2.05, 4.69) is 4.98 Å². The summed E-state index contributed by atoms with van der Waals surface area (Å²) in [5.41, 5.74) is 1.38. The summed E-state index contributed by atoms with van der Waals surface area (Å²) in [5, 5.41) is 2.19.